The smallest absolute Gasteiger partial charge is 0.249 e. The third-order valence-electron chi connectivity index (χ3n) is 5.86. The number of hydrogen-bond acceptors (Lipinski definition) is 4. The Balaban J connectivity index is 4.92. The van der Waals surface area contributed by atoms with E-state index in [9.17, 15) is 19.2 Å². The molecule has 0 aromatic rings. The van der Waals surface area contributed by atoms with Crippen molar-refractivity contribution in [3.05, 3.63) is 47.6 Å². The molecule has 0 bridgehead atoms. The molecular weight excluding hydrogens is 456 g/mol. The highest BCUT2D eigenvalue weighted by atomic mass is 16.2. The minimum absolute atomic E-state index is 0.0643. The average Bonchev–Trinajstić information content (AvgIpc) is 2.84. The first kappa shape index (κ1) is 32.8. The average molecular weight is 503 g/mol. The SMILES string of the molecule is C=C(C)C(=O)N(C)CCCN(C)C(=O)/C(C)=C/C=C(\C)C(=O)N(CC)CCCN(CC)C(=O)C(=C)C. The third kappa shape index (κ3) is 11.1. The summed E-state index contributed by atoms with van der Waals surface area (Å²) < 4.78 is 0. The maximum Gasteiger partial charge on any atom is 0.249 e. The van der Waals surface area contributed by atoms with Crippen LogP contribution in [0, 0.1) is 0 Å². The van der Waals surface area contributed by atoms with E-state index in [2.05, 4.69) is 13.2 Å². The molecule has 0 aliphatic heterocycles. The van der Waals surface area contributed by atoms with Crippen molar-refractivity contribution in [1.82, 2.24) is 19.6 Å². The Hall–Kier alpha value is -3.16. The van der Waals surface area contributed by atoms with E-state index >= 15 is 0 Å². The highest BCUT2D eigenvalue weighted by molar-refractivity contribution is 5.95. The number of rotatable bonds is 15. The van der Waals surface area contributed by atoms with E-state index in [0.29, 0.717) is 74.4 Å². The summed E-state index contributed by atoms with van der Waals surface area (Å²) in [5.41, 5.74) is 2.05. The minimum Gasteiger partial charge on any atom is -0.342 e. The van der Waals surface area contributed by atoms with Crippen molar-refractivity contribution in [2.24, 2.45) is 0 Å². The lowest BCUT2D eigenvalue weighted by molar-refractivity contribution is -0.128. The fraction of sp³-hybridized carbons (Fsp3) is 0.571. The molecule has 8 nitrogen and oxygen atoms in total. The van der Waals surface area contributed by atoms with Crippen LogP contribution in [0.5, 0.6) is 0 Å². The van der Waals surface area contributed by atoms with Gasteiger partial charge in [-0.2, -0.15) is 0 Å². The maximum absolute atomic E-state index is 12.9. The van der Waals surface area contributed by atoms with E-state index in [0.717, 1.165) is 0 Å². The summed E-state index contributed by atoms with van der Waals surface area (Å²) in [6.07, 6.45) is 4.66. The molecule has 0 heterocycles. The van der Waals surface area contributed by atoms with E-state index in [1.165, 1.54) is 0 Å². The molecule has 36 heavy (non-hydrogen) atoms. The Morgan fingerprint density at radius 3 is 1.36 bits per heavy atom. The Labute approximate surface area is 218 Å². The number of carbonyl (C=O) groups excluding carboxylic acids is 4. The summed E-state index contributed by atoms with van der Waals surface area (Å²) in [4.78, 5) is 56.2. The summed E-state index contributed by atoms with van der Waals surface area (Å²) in [6.45, 7) is 21.3. The summed E-state index contributed by atoms with van der Waals surface area (Å²) in [7, 11) is 3.44. The summed E-state index contributed by atoms with van der Waals surface area (Å²) >= 11 is 0. The molecule has 0 N–H and O–H groups in total. The topological polar surface area (TPSA) is 81.2 Å². The van der Waals surface area contributed by atoms with Crippen LogP contribution in [0.15, 0.2) is 47.6 Å². The number of nitrogens with zero attached hydrogens (tertiary/aromatic N) is 4. The van der Waals surface area contributed by atoms with Crippen molar-refractivity contribution in [2.45, 2.75) is 54.4 Å². The molecule has 8 heteroatoms. The Morgan fingerprint density at radius 1 is 0.583 bits per heavy atom. The molecule has 0 aromatic carbocycles. The third-order valence-corrected chi connectivity index (χ3v) is 5.86. The van der Waals surface area contributed by atoms with Gasteiger partial charge in [0, 0.05) is 75.7 Å². The second-order valence-corrected chi connectivity index (χ2v) is 9.19. The molecule has 0 saturated heterocycles. The van der Waals surface area contributed by atoms with Gasteiger partial charge in [-0.05, 0) is 54.4 Å². The quantitative estimate of drug-likeness (QED) is 0.254. The predicted molar refractivity (Wildman–Crippen MR) is 146 cm³/mol. The van der Waals surface area contributed by atoms with E-state index in [-0.39, 0.29) is 23.6 Å². The second-order valence-electron chi connectivity index (χ2n) is 9.19. The molecule has 0 unspecified atom stereocenters. The lowest BCUT2D eigenvalue weighted by atomic mass is 10.1. The molecule has 0 radical (unpaired) electrons. The number of hydrogen-bond donors (Lipinski definition) is 0. The second kappa shape index (κ2) is 16.5. The molecule has 0 saturated carbocycles. The van der Waals surface area contributed by atoms with E-state index < -0.39 is 0 Å². The summed E-state index contributed by atoms with van der Waals surface area (Å²) in [5.74, 6) is -0.392. The van der Waals surface area contributed by atoms with E-state index in [1.807, 2.05) is 13.8 Å². The van der Waals surface area contributed by atoms with Crippen molar-refractivity contribution in [3.63, 3.8) is 0 Å². The van der Waals surface area contributed by atoms with Crippen LogP contribution < -0.4 is 0 Å². The van der Waals surface area contributed by atoms with Gasteiger partial charge in [0.1, 0.15) is 0 Å². The first-order chi connectivity index (χ1) is 16.8. The molecule has 0 atom stereocenters. The first-order valence-corrected chi connectivity index (χ1v) is 12.5. The summed E-state index contributed by atoms with van der Waals surface area (Å²) in [5, 5.41) is 0. The molecule has 202 valence electrons. The van der Waals surface area contributed by atoms with Gasteiger partial charge >= 0.3 is 0 Å². The maximum atomic E-state index is 12.9. The van der Waals surface area contributed by atoms with Gasteiger partial charge in [0.05, 0.1) is 0 Å². The molecule has 0 aromatic heterocycles. The van der Waals surface area contributed by atoms with Crippen LogP contribution in [0.3, 0.4) is 0 Å². The van der Waals surface area contributed by atoms with Crippen LogP contribution >= 0.6 is 0 Å². The van der Waals surface area contributed by atoms with Gasteiger partial charge in [-0.25, -0.2) is 0 Å². The number of amides is 4. The zero-order valence-corrected chi connectivity index (χ0v) is 23.6. The largest absolute Gasteiger partial charge is 0.342 e. The van der Waals surface area contributed by atoms with E-state index in [1.54, 1.807) is 73.5 Å². The normalized spacial score (nSPS) is 11.6. The fourth-order valence-electron chi connectivity index (χ4n) is 3.55. The molecule has 0 aliphatic rings. The number of carbonyl (C=O) groups is 4. The van der Waals surface area contributed by atoms with Crippen molar-refractivity contribution >= 4 is 23.6 Å². The molecule has 0 aliphatic carbocycles. The van der Waals surface area contributed by atoms with Gasteiger partial charge in [0.2, 0.25) is 23.6 Å². The van der Waals surface area contributed by atoms with Gasteiger partial charge in [-0.15, -0.1) is 0 Å². The van der Waals surface area contributed by atoms with Crippen molar-refractivity contribution in [1.29, 1.82) is 0 Å². The molecular formula is C28H46N4O4. The Kier molecular flexibility index (Phi) is 15.1. The van der Waals surface area contributed by atoms with Crippen LogP contribution in [0.2, 0.25) is 0 Å². The van der Waals surface area contributed by atoms with Gasteiger partial charge in [0.15, 0.2) is 0 Å². The van der Waals surface area contributed by atoms with Gasteiger partial charge < -0.3 is 19.6 Å². The predicted octanol–water partition coefficient (Wildman–Crippen LogP) is 3.43. The first-order valence-electron chi connectivity index (χ1n) is 12.5. The van der Waals surface area contributed by atoms with Crippen LogP contribution in [0.25, 0.3) is 0 Å². The van der Waals surface area contributed by atoms with Crippen LogP contribution in [0.4, 0.5) is 0 Å². The molecule has 0 fully saturated rings. The van der Waals surface area contributed by atoms with Crippen LogP contribution in [-0.2, 0) is 19.2 Å². The van der Waals surface area contributed by atoms with Gasteiger partial charge in [-0.3, -0.25) is 19.2 Å². The Morgan fingerprint density at radius 2 is 0.944 bits per heavy atom. The lowest BCUT2D eigenvalue weighted by Gasteiger charge is -2.25. The lowest BCUT2D eigenvalue weighted by Crippen LogP contribution is -2.37. The molecule has 4 amide bonds. The van der Waals surface area contributed by atoms with Crippen molar-refractivity contribution in [2.75, 3.05) is 53.4 Å². The highest BCUT2D eigenvalue weighted by Gasteiger charge is 2.17. The van der Waals surface area contributed by atoms with Crippen molar-refractivity contribution in [3.8, 4) is 0 Å². The van der Waals surface area contributed by atoms with Crippen LogP contribution in [0.1, 0.15) is 54.4 Å². The highest BCUT2D eigenvalue weighted by Crippen LogP contribution is 2.08. The Bertz CT molecular complexity index is 888. The van der Waals surface area contributed by atoms with Gasteiger partial charge in [-0.1, -0.05) is 25.3 Å². The summed E-state index contributed by atoms with van der Waals surface area (Å²) in [6, 6.07) is 0. The van der Waals surface area contributed by atoms with Crippen LogP contribution in [-0.4, -0.2) is 96.6 Å². The fourth-order valence-corrected chi connectivity index (χ4v) is 3.55. The number of allylic oxidation sites excluding steroid dienone is 2. The minimum atomic E-state index is -0.130. The zero-order chi connectivity index (χ0) is 28.0. The van der Waals surface area contributed by atoms with Gasteiger partial charge in [0.25, 0.3) is 0 Å². The zero-order valence-electron chi connectivity index (χ0n) is 23.6. The number of likely N-dealkylation sites (N-methyl/N-ethyl adjacent to an activating group) is 4. The monoisotopic (exact) mass is 502 g/mol. The van der Waals surface area contributed by atoms with E-state index in [4.69, 9.17) is 0 Å². The van der Waals surface area contributed by atoms with Crippen molar-refractivity contribution < 1.29 is 19.2 Å². The standard InChI is InChI=1S/C28H46N4O4/c1-11-31(26(34)22(5)6)19-14-20-32(12-2)28(36)24(8)16-15-23(7)27(35)30(10)18-13-17-29(9)25(33)21(3)4/h15-16H,3,5,11-14,17-20H2,1-2,4,6-10H3/b23-15+,24-16+. The molecule has 0 rings (SSSR count). The molecule has 0 spiro atoms.